The summed E-state index contributed by atoms with van der Waals surface area (Å²) in [6, 6.07) is 0. The largest absolute Gasteiger partial charge is 0.371 e. The molecule has 1 saturated heterocycles. The lowest BCUT2D eigenvalue weighted by Crippen LogP contribution is -2.41. The van der Waals surface area contributed by atoms with Gasteiger partial charge in [-0.15, -0.1) is 0 Å². The Hall–Kier alpha value is 0.140. The van der Waals surface area contributed by atoms with E-state index in [-0.39, 0.29) is 0 Å². The summed E-state index contributed by atoms with van der Waals surface area (Å²) in [5.41, 5.74) is 0. The van der Waals surface area contributed by atoms with Crippen molar-refractivity contribution >= 4 is 15.9 Å². The van der Waals surface area contributed by atoms with Crippen LogP contribution in [0, 0.1) is 5.92 Å². The number of ether oxygens (including phenoxy) is 1. The van der Waals surface area contributed by atoms with Crippen LogP contribution in [-0.2, 0) is 4.74 Å². The molecule has 0 spiro atoms. The van der Waals surface area contributed by atoms with Crippen molar-refractivity contribution in [2.45, 2.75) is 19.4 Å². The SMILES string of the molecule is C=C(Br)COC1CNCCC1C. The van der Waals surface area contributed by atoms with E-state index in [1.807, 2.05) is 0 Å². The summed E-state index contributed by atoms with van der Waals surface area (Å²) in [5.74, 6) is 0.665. The monoisotopic (exact) mass is 233 g/mol. The van der Waals surface area contributed by atoms with E-state index < -0.39 is 0 Å². The van der Waals surface area contributed by atoms with E-state index in [9.17, 15) is 0 Å². The van der Waals surface area contributed by atoms with Crippen molar-refractivity contribution in [3.05, 3.63) is 11.1 Å². The topological polar surface area (TPSA) is 21.3 Å². The molecule has 3 heteroatoms. The molecule has 0 aromatic carbocycles. The molecule has 1 N–H and O–H groups in total. The highest BCUT2D eigenvalue weighted by atomic mass is 79.9. The van der Waals surface area contributed by atoms with Crippen molar-refractivity contribution in [1.82, 2.24) is 5.32 Å². The van der Waals surface area contributed by atoms with Gasteiger partial charge in [-0.25, -0.2) is 0 Å². The molecule has 2 unspecified atom stereocenters. The Balaban J connectivity index is 2.24. The van der Waals surface area contributed by atoms with E-state index >= 15 is 0 Å². The molecule has 0 aliphatic carbocycles. The molecule has 1 aliphatic rings. The van der Waals surface area contributed by atoms with E-state index in [0.717, 1.165) is 17.6 Å². The van der Waals surface area contributed by atoms with E-state index in [2.05, 4.69) is 34.7 Å². The quantitative estimate of drug-likeness (QED) is 0.805. The Morgan fingerprint density at radius 2 is 2.50 bits per heavy atom. The van der Waals surface area contributed by atoms with E-state index in [4.69, 9.17) is 4.74 Å². The first-order valence-corrected chi connectivity index (χ1v) is 5.15. The second-order valence-electron chi connectivity index (χ2n) is 3.34. The van der Waals surface area contributed by atoms with Gasteiger partial charge in [0.15, 0.2) is 0 Å². The normalized spacial score (nSPS) is 30.2. The molecule has 1 heterocycles. The zero-order valence-electron chi connectivity index (χ0n) is 7.48. The maximum Gasteiger partial charge on any atom is 0.0780 e. The first-order chi connectivity index (χ1) is 5.70. The van der Waals surface area contributed by atoms with Crippen LogP contribution >= 0.6 is 15.9 Å². The van der Waals surface area contributed by atoms with E-state index in [1.165, 1.54) is 6.42 Å². The summed E-state index contributed by atoms with van der Waals surface area (Å²) < 4.78 is 6.56. The summed E-state index contributed by atoms with van der Waals surface area (Å²) in [5, 5.41) is 3.32. The molecule has 0 bridgehead atoms. The molecule has 70 valence electrons. The van der Waals surface area contributed by atoms with Crippen molar-refractivity contribution in [1.29, 1.82) is 0 Å². The van der Waals surface area contributed by atoms with Crippen LogP contribution in [0.15, 0.2) is 11.1 Å². The fourth-order valence-corrected chi connectivity index (χ4v) is 1.51. The number of halogens is 1. The standard InChI is InChI=1S/C9H16BrNO/c1-7-3-4-11-5-9(7)12-6-8(2)10/h7,9,11H,2-6H2,1H3. The second kappa shape index (κ2) is 5.00. The molecule has 1 rings (SSSR count). The molecule has 0 amide bonds. The Morgan fingerprint density at radius 3 is 3.08 bits per heavy atom. The van der Waals surface area contributed by atoms with Gasteiger partial charge in [0.25, 0.3) is 0 Å². The summed E-state index contributed by atoms with van der Waals surface area (Å²) in [4.78, 5) is 0. The molecule has 0 aromatic rings. The number of nitrogens with one attached hydrogen (secondary N) is 1. The maximum atomic E-state index is 5.65. The van der Waals surface area contributed by atoms with Crippen molar-refractivity contribution in [2.75, 3.05) is 19.7 Å². The fraction of sp³-hybridized carbons (Fsp3) is 0.778. The zero-order chi connectivity index (χ0) is 8.97. The minimum absolute atomic E-state index is 0.355. The minimum Gasteiger partial charge on any atom is -0.371 e. The van der Waals surface area contributed by atoms with Gasteiger partial charge in [0.1, 0.15) is 0 Å². The van der Waals surface area contributed by atoms with Crippen LogP contribution in [0.3, 0.4) is 0 Å². The molecule has 2 nitrogen and oxygen atoms in total. The van der Waals surface area contributed by atoms with Gasteiger partial charge in [-0.05, 0) is 18.9 Å². The zero-order valence-corrected chi connectivity index (χ0v) is 9.06. The molecular formula is C9H16BrNO. The highest BCUT2D eigenvalue weighted by Crippen LogP contribution is 2.16. The van der Waals surface area contributed by atoms with Crippen LogP contribution in [0.1, 0.15) is 13.3 Å². The van der Waals surface area contributed by atoms with Crippen molar-refractivity contribution in [3.63, 3.8) is 0 Å². The van der Waals surface area contributed by atoms with E-state index in [0.29, 0.717) is 18.6 Å². The van der Waals surface area contributed by atoms with Crippen LogP contribution in [-0.4, -0.2) is 25.8 Å². The lowest BCUT2D eigenvalue weighted by Gasteiger charge is -2.29. The van der Waals surface area contributed by atoms with Crippen LogP contribution in [0.25, 0.3) is 0 Å². The highest BCUT2D eigenvalue weighted by molar-refractivity contribution is 9.11. The number of hydrogen-bond donors (Lipinski definition) is 1. The van der Waals surface area contributed by atoms with Gasteiger partial charge in [-0.2, -0.15) is 0 Å². The van der Waals surface area contributed by atoms with Gasteiger partial charge in [-0.1, -0.05) is 29.4 Å². The first kappa shape index (κ1) is 10.2. The van der Waals surface area contributed by atoms with Gasteiger partial charge in [0.2, 0.25) is 0 Å². The highest BCUT2D eigenvalue weighted by Gasteiger charge is 2.21. The van der Waals surface area contributed by atoms with Crippen LogP contribution < -0.4 is 5.32 Å². The third kappa shape index (κ3) is 3.25. The van der Waals surface area contributed by atoms with Crippen molar-refractivity contribution < 1.29 is 4.74 Å². The summed E-state index contributed by atoms with van der Waals surface area (Å²) in [6.45, 7) is 8.69. The Labute approximate surface area is 82.5 Å². The smallest absolute Gasteiger partial charge is 0.0780 e. The number of piperidine rings is 1. The van der Waals surface area contributed by atoms with Gasteiger partial charge < -0.3 is 10.1 Å². The molecule has 0 saturated carbocycles. The number of hydrogen-bond acceptors (Lipinski definition) is 2. The molecule has 2 atom stereocenters. The van der Waals surface area contributed by atoms with Crippen LogP contribution in [0.5, 0.6) is 0 Å². The van der Waals surface area contributed by atoms with Gasteiger partial charge in [0, 0.05) is 11.0 Å². The predicted octanol–water partition coefficient (Wildman–Crippen LogP) is 1.91. The van der Waals surface area contributed by atoms with Gasteiger partial charge in [0.05, 0.1) is 12.7 Å². The van der Waals surface area contributed by atoms with Crippen molar-refractivity contribution in [2.24, 2.45) is 5.92 Å². The second-order valence-corrected chi connectivity index (χ2v) is 4.46. The summed E-state index contributed by atoms with van der Waals surface area (Å²) in [7, 11) is 0. The summed E-state index contributed by atoms with van der Waals surface area (Å²) >= 11 is 3.28. The molecule has 12 heavy (non-hydrogen) atoms. The fourth-order valence-electron chi connectivity index (χ4n) is 1.38. The molecule has 0 aromatic heterocycles. The maximum absolute atomic E-state index is 5.65. The molecule has 1 fully saturated rings. The van der Waals surface area contributed by atoms with Crippen molar-refractivity contribution in [3.8, 4) is 0 Å². The minimum atomic E-state index is 0.355. The van der Waals surface area contributed by atoms with Crippen LogP contribution in [0.4, 0.5) is 0 Å². The molecule has 0 radical (unpaired) electrons. The third-order valence-electron chi connectivity index (χ3n) is 2.21. The Morgan fingerprint density at radius 1 is 1.75 bits per heavy atom. The van der Waals surface area contributed by atoms with E-state index in [1.54, 1.807) is 0 Å². The first-order valence-electron chi connectivity index (χ1n) is 4.35. The number of rotatable bonds is 3. The molecule has 1 aliphatic heterocycles. The molecular weight excluding hydrogens is 218 g/mol. The van der Waals surface area contributed by atoms with Gasteiger partial charge in [-0.3, -0.25) is 0 Å². The average molecular weight is 234 g/mol. The average Bonchev–Trinajstić information content (AvgIpc) is 2.03. The third-order valence-corrected chi connectivity index (χ3v) is 2.44. The summed E-state index contributed by atoms with van der Waals surface area (Å²) in [6.07, 6.45) is 1.56. The lowest BCUT2D eigenvalue weighted by atomic mass is 9.97. The van der Waals surface area contributed by atoms with Crippen LogP contribution in [0.2, 0.25) is 0 Å². The Kier molecular flexibility index (Phi) is 4.26. The Bertz CT molecular complexity index is 161. The van der Waals surface area contributed by atoms with Gasteiger partial charge >= 0.3 is 0 Å². The predicted molar refractivity (Wildman–Crippen MR) is 54.5 cm³/mol. The lowest BCUT2D eigenvalue weighted by molar-refractivity contribution is 0.0192.